The highest BCUT2D eigenvalue weighted by Gasteiger charge is 2.33. The zero-order valence-electron chi connectivity index (χ0n) is 10.3. The molecule has 84 valence electrons. The molecule has 0 aromatic heterocycles. The summed E-state index contributed by atoms with van der Waals surface area (Å²) in [6, 6.07) is 0. The minimum atomic E-state index is 0.145. The van der Waals surface area contributed by atoms with Crippen molar-refractivity contribution in [2.24, 2.45) is 11.3 Å². The number of rotatable bonds is 2. The first-order valence-electron chi connectivity index (χ1n) is 5.81. The van der Waals surface area contributed by atoms with E-state index in [4.69, 9.17) is 0 Å². The third kappa shape index (κ3) is 3.05. The Labute approximate surface area is 93.3 Å². The minimum absolute atomic E-state index is 0.145. The summed E-state index contributed by atoms with van der Waals surface area (Å²) in [5.41, 5.74) is 1.79. The Balaban J connectivity index is 2.91. The topological polar surface area (TPSA) is 17.1 Å². The molecule has 0 amide bonds. The summed E-state index contributed by atoms with van der Waals surface area (Å²) in [6.45, 7) is 8.31. The molecule has 1 fully saturated rings. The zero-order valence-corrected chi connectivity index (χ0v) is 10.3. The first kappa shape index (κ1) is 12.2. The van der Waals surface area contributed by atoms with Gasteiger partial charge in [0.15, 0.2) is 5.78 Å². The Morgan fingerprint density at radius 2 is 2.13 bits per heavy atom. The van der Waals surface area contributed by atoms with Crippen LogP contribution in [-0.4, -0.2) is 5.78 Å². The van der Waals surface area contributed by atoms with Gasteiger partial charge < -0.3 is 0 Å². The normalized spacial score (nSPS) is 28.5. The smallest absolute Gasteiger partial charge is 0.152 e. The highest BCUT2D eigenvalue weighted by Crippen LogP contribution is 2.44. The largest absolute Gasteiger partial charge is 0.295 e. The first-order chi connectivity index (χ1) is 6.97. The minimum Gasteiger partial charge on any atom is -0.295 e. The molecule has 0 spiro atoms. The highest BCUT2D eigenvalue weighted by atomic mass is 16.1. The molecule has 0 aromatic carbocycles. The number of ketones is 1. The molecule has 0 aliphatic heterocycles. The van der Waals surface area contributed by atoms with Gasteiger partial charge in [-0.15, -0.1) is 0 Å². The molecule has 0 aromatic rings. The molecular formula is C14H22O. The zero-order chi connectivity index (χ0) is 11.5. The Hall–Kier alpha value is -0.850. The molecule has 1 aliphatic rings. The second-order valence-corrected chi connectivity index (χ2v) is 5.15. The molecule has 1 unspecified atom stereocenters. The molecule has 1 saturated carbocycles. The van der Waals surface area contributed by atoms with Crippen molar-refractivity contribution >= 4 is 5.78 Å². The van der Waals surface area contributed by atoms with E-state index < -0.39 is 0 Å². The average molecular weight is 206 g/mol. The summed E-state index contributed by atoms with van der Waals surface area (Å²) in [7, 11) is 0. The quantitative estimate of drug-likeness (QED) is 0.494. The van der Waals surface area contributed by atoms with Crippen LogP contribution in [0.25, 0.3) is 0 Å². The van der Waals surface area contributed by atoms with Gasteiger partial charge in [0.05, 0.1) is 0 Å². The lowest BCUT2D eigenvalue weighted by Crippen LogP contribution is -2.28. The van der Waals surface area contributed by atoms with Crippen LogP contribution in [0.15, 0.2) is 23.8 Å². The summed E-state index contributed by atoms with van der Waals surface area (Å²) >= 11 is 0. The van der Waals surface area contributed by atoms with E-state index in [2.05, 4.69) is 32.9 Å². The molecule has 0 radical (unpaired) electrons. The van der Waals surface area contributed by atoms with Gasteiger partial charge in [0.25, 0.3) is 0 Å². The number of carbonyl (C=O) groups excluding carboxylic acids is 1. The van der Waals surface area contributed by atoms with Crippen molar-refractivity contribution in [2.75, 3.05) is 0 Å². The van der Waals surface area contributed by atoms with E-state index in [0.29, 0.717) is 11.3 Å². The maximum Gasteiger partial charge on any atom is 0.152 e. The summed E-state index contributed by atoms with van der Waals surface area (Å²) < 4.78 is 0. The molecule has 1 heteroatoms. The summed E-state index contributed by atoms with van der Waals surface area (Å²) in [6.07, 6.45) is 9.75. The molecule has 0 bridgehead atoms. The van der Waals surface area contributed by atoms with Crippen LogP contribution < -0.4 is 0 Å². The van der Waals surface area contributed by atoms with E-state index in [-0.39, 0.29) is 5.78 Å². The highest BCUT2D eigenvalue weighted by molar-refractivity contribution is 5.87. The summed E-state index contributed by atoms with van der Waals surface area (Å²) in [4.78, 5) is 11.0. The molecule has 0 heterocycles. The summed E-state index contributed by atoms with van der Waals surface area (Å²) in [5, 5.41) is 0. The molecule has 1 aliphatic carbocycles. The predicted octanol–water partition coefficient (Wildman–Crippen LogP) is 3.90. The van der Waals surface area contributed by atoms with Crippen LogP contribution in [0.1, 0.15) is 47.0 Å². The van der Waals surface area contributed by atoms with Crippen molar-refractivity contribution in [1.29, 1.82) is 0 Å². The van der Waals surface area contributed by atoms with Crippen LogP contribution in [0.3, 0.4) is 0 Å². The van der Waals surface area contributed by atoms with Gasteiger partial charge in [-0.25, -0.2) is 0 Å². The Kier molecular flexibility index (Phi) is 3.90. The van der Waals surface area contributed by atoms with Crippen molar-refractivity contribution < 1.29 is 4.79 Å². The standard InChI is InChI=1S/C14H22O/c1-5-12-7-6-10-14(3,4)13(12)9-8-11(2)15/h5,8-9,13H,6-7,10H2,1-4H3/b9-8+,12-5+. The Morgan fingerprint density at radius 1 is 1.47 bits per heavy atom. The molecule has 1 rings (SSSR count). The van der Waals surface area contributed by atoms with Crippen molar-refractivity contribution in [3.63, 3.8) is 0 Å². The lowest BCUT2D eigenvalue weighted by atomic mass is 9.66. The fourth-order valence-corrected chi connectivity index (χ4v) is 2.50. The first-order valence-corrected chi connectivity index (χ1v) is 5.81. The molecule has 1 nitrogen and oxygen atoms in total. The van der Waals surface area contributed by atoms with Gasteiger partial charge in [0.2, 0.25) is 0 Å². The molecule has 15 heavy (non-hydrogen) atoms. The third-order valence-corrected chi connectivity index (χ3v) is 3.42. The lowest BCUT2D eigenvalue weighted by molar-refractivity contribution is -0.112. The van der Waals surface area contributed by atoms with Crippen LogP contribution in [-0.2, 0) is 4.79 Å². The van der Waals surface area contributed by atoms with Gasteiger partial charge in [-0.05, 0) is 44.6 Å². The maximum absolute atomic E-state index is 11.0. The predicted molar refractivity (Wildman–Crippen MR) is 64.7 cm³/mol. The second-order valence-electron chi connectivity index (χ2n) is 5.15. The maximum atomic E-state index is 11.0. The van der Waals surface area contributed by atoms with Gasteiger partial charge in [-0.3, -0.25) is 4.79 Å². The number of carbonyl (C=O) groups is 1. The molecule has 1 atom stereocenters. The van der Waals surface area contributed by atoms with Crippen LogP contribution in [0.4, 0.5) is 0 Å². The summed E-state index contributed by atoms with van der Waals surface area (Å²) in [5.74, 6) is 0.590. The average Bonchev–Trinajstić information content (AvgIpc) is 2.14. The fourth-order valence-electron chi connectivity index (χ4n) is 2.50. The molecular weight excluding hydrogens is 184 g/mol. The van der Waals surface area contributed by atoms with Gasteiger partial charge in [-0.2, -0.15) is 0 Å². The van der Waals surface area contributed by atoms with Crippen molar-refractivity contribution in [3.8, 4) is 0 Å². The molecule has 0 saturated heterocycles. The molecule has 0 N–H and O–H groups in total. The van der Waals surface area contributed by atoms with Gasteiger partial charge in [-0.1, -0.05) is 31.6 Å². The van der Waals surface area contributed by atoms with E-state index in [1.165, 1.54) is 24.8 Å². The van der Waals surface area contributed by atoms with Crippen molar-refractivity contribution in [2.45, 2.75) is 47.0 Å². The Bertz CT molecular complexity index is 294. The SMILES string of the molecule is C/C=C1\CCCC(C)(C)C1/C=C/C(C)=O. The van der Waals surface area contributed by atoms with Gasteiger partial charge >= 0.3 is 0 Å². The fraction of sp³-hybridized carbons (Fsp3) is 0.643. The van der Waals surface area contributed by atoms with E-state index in [9.17, 15) is 4.79 Å². The van der Waals surface area contributed by atoms with E-state index >= 15 is 0 Å². The number of hydrogen-bond donors (Lipinski definition) is 0. The number of allylic oxidation sites excluding steroid dienone is 4. The van der Waals surface area contributed by atoms with E-state index in [1.54, 1.807) is 13.0 Å². The van der Waals surface area contributed by atoms with Crippen LogP contribution in [0.5, 0.6) is 0 Å². The van der Waals surface area contributed by atoms with E-state index in [0.717, 1.165) is 0 Å². The lowest BCUT2D eigenvalue weighted by Gasteiger charge is -2.39. The second kappa shape index (κ2) is 4.78. The van der Waals surface area contributed by atoms with Crippen LogP contribution in [0.2, 0.25) is 0 Å². The van der Waals surface area contributed by atoms with Crippen LogP contribution in [0, 0.1) is 11.3 Å². The van der Waals surface area contributed by atoms with E-state index in [1.807, 2.05) is 0 Å². The van der Waals surface area contributed by atoms with Crippen molar-refractivity contribution in [3.05, 3.63) is 23.8 Å². The van der Waals surface area contributed by atoms with Gasteiger partial charge in [0.1, 0.15) is 0 Å². The van der Waals surface area contributed by atoms with Crippen LogP contribution >= 0.6 is 0 Å². The third-order valence-electron chi connectivity index (χ3n) is 3.42. The monoisotopic (exact) mass is 206 g/mol. The van der Waals surface area contributed by atoms with Crippen molar-refractivity contribution in [1.82, 2.24) is 0 Å². The number of hydrogen-bond acceptors (Lipinski definition) is 1. The van der Waals surface area contributed by atoms with Gasteiger partial charge in [0, 0.05) is 5.92 Å². The Morgan fingerprint density at radius 3 is 2.67 bits per heavy atom.